The number of rotatable bonds is 8. The number of aryl methyl sites for hydroxylation is 1. The van der Waals surface area contributed by atoms with Crippen LogP contribution >= 0.6 is 12.4 Å². The average molecular weight is 382 g/mol. The Balaban J connectivity index is 0.00000338. The molecule has 0 aliphatic heterocycles. The van der Waals surface area contributed by atoms with Crippen molar-refractivity contribution in [1.29, 1.82) is 0 Å². The number of carbonyl (C=O) groups excluding carboxylic acids is 1. The largest absolute Gasteiger partial charge is 0.506 e. The van der Waals surface area contributed by atoms with Crippen LogP contribution in [0.3, 0.4) is 0 Å². The van der Waals surface area contributed by atoms with Gasteiger partial charge in [0.2, 0.25) is 0 Å². The molecule has 0 spiro atoms. The maximum absolute atomic E-state index is 12.9. The van der Waals surface area contributed by atoms with Crippen LogP contribution in [0.1, 0.15) is 36.5 Å². The van der Waals surface area contributed by atoms with Gasteiger partial charge in [-0.2, -0.15) is 0 Å². The first-order chi connectivity index (χ1) is 12.0. The van der Waals surface area contributed by atoms with Gasteiger partial charge < -0.3 is 19.9 Å². The van der Waals surface area contributed by atoms with E-state index in [1.807, 2.05) is 25.1 Å². The van der Waals surface area contributed by atoms with E-state index in [0.29, 0.717) is 30.5 Å². The monoisotopic (exact) mass is 381 g/mol. The number of fused-ring (bicyclic) bond motifs is 1. The third-order valence-corrected chi connectivity index (χ3v) is 4.20. The lowest BCUT2D eigenvalue weighted by Gasteiger charge is -2.15. The van der Waals surface area contributed by atoms with E-state index in [1.54, 1.807) is 22.8 Å². The number of para-hydroxylation sites is 1. The predicted octanol–water partition coefficient (Wildman–Crippen LogP) is 2.61. The summed E-state index contributed by atoms with van der Waals surface area (Å²) in [7, 11) is 3.81. The Hall–Kier alpha value is -2.05. The van der Waals surface area contributed by atoms with Gasteiger partial charge in [0, 0.05) is 25.0 Å². The molecule has 2 aromatic rings. The first kappa shape index (κ1) is 22.0. The van der Waals surface area contributed by atoms with Crippen LogP contribution in [0.15, 0.2) is 29.1 Å². The number of carbonyl (C=O) groups is 1. The van der Waals surface area contributed by atoms with Crippen molar-refractivity contribution in [3.05, 3.63) is 40.2 Å². The van der Waals surface area contributed by atoms with Gasteiger partial charge in [0.25, 0.3) is 11.5 Å². The molecule has 26 heavy (non-hydrogen) atoms. The summed E-state index contributed by atoms with van der Waals surface area (Å²) in [5, 5.41) is 13.8. The van der Waals surface area contributed by atoms with Crippen LogP contribution in [0.5, 0.6) is 5.75 Å². The lowest BCUT2D eigenvalue weighted by atomic mass is 10.1. The average Bonchev–Trinajstić information content (AvgIpc) is 2.57. The van der Waals surface area contributed by atoms with Crippen molar-refractivity contribution in [3.8, 4) is 5.75 Å². The Bertz CT molecular complexity index is 802. The summed E-state index contributed by atoms with van der Waals surface area (Å²) in [6.45, 7) is 3.70. The van der Waals surface area contributed by atoms with Gasteiger partial charge in [-0.05, 0) is 32.6 Å². The molecule has 2 rings (SSSR count). The molecule has 0 atom stereocenters. The number of halogens is 1. The molecular formula is C19H28ClN3O3. The van der Waals surface area contributed by atoms with Crippen LogP contribution in [-0.2, 0) is 6.54 Å². The molecule has 0 saturated carbocycles. The molecule has 1 aromatic carbocycles. The van der Waals surface area contributed by atoms with E-state index in [2.05, 4.69) is 12.2 Å². The molecule has 1 amide bonds. The number of nitrogens with one attached hydrogen (secondary N) is 1. The standard InChI is InChI=1S/C19H27N3O3.ClH/c1-4-5-8-12-22-15-10-7-6-9-14(15)17(23)16(19(22)25)18(24)20-11-13-21(2)3;/h6-7,9-10,23H,4-5,8,11-13H2,1-3H3,(H,20,24);1H. The number of aromatic hydroxyl groups is 1. The van der Waals surface area contributed by atoms with Crippen LogP contribution in [0.4, 0.5) is 0 Å². The molecule has 1 heterocycles. The SMILES string of the molecule is CCCCCn1c(=O)c(C(=O)NCCN(C)C)c(O)c2ccccc21.Cl. The van der Waals surface area contributed by atoms with Gasteiger partial charge in [-0.15, -0.1) is 12.4 Å². The zero-order valence-electron chi connectivity index (χ0n) is 15.6. The highest BCUT2D eigenvalue weighted by Gasteiger charge is 2.21. The van der Waals surface area contributed by atoms with E-state index in [4.69, 9.17) is 0 Å². The highest BCUT2D eigenvalue weighted by molar-refractivity contribution is 6.02. The van der Waals surface area contributed by atoms with Crippen LogP contribution < -0.4 is 10.9 Å². The smallest absolute Gasteiger partial charge is 0.267 e. The van der Waals surface area contributed by atoms with Crippen molar-refractivity contribution in [2.24, 2.45) is 0 Å². The van der Waals surface area contributed by atoms with Crippen LogP contribution in [-0.4, -0.2) is 47.7 Å². The second kappa shape index (κ2) is 10.2. The predicted molar refractivity (Wildman–Crippen MR) is 108 cm³/mol. The van der Waals surface area contributed by atoms with Crippen molar-refractivity contribution in [2.45, 2.75) is 32.7 Å². The Kier molecular flexibility index (Phi) is 8.61. The van der Waals surface area contributed by atoms with E-state index >= 15 is 0 Å². The lowest BCUT2D eigenvalue weighted by molar-refractivity contribution is 0.0946. The lowest BCUT2D eigenvalue weighted by Crippen LogP contribution is -2.36. The fourth-order valence-electron chi connectivity index (χ4n) is 2.82. The zero-order chi connectivity index (χ0) is 18.4. The van der Waals surface area contributed by atoms with E-state index < -0.39 is 11.5 Å². The maximum atomic E-state index is 12.9. The van der Waals surface area contributed by atoms with Gasteiger partial charge in [-0.1, -0.05) is 31.9 Å². The van der Waals surface area contributed by atoms with Gasteiger partial charge in [-0.3, -0.25) is 9.59 Å². The summed E-state index contributed by atoms with van der Waals surface area (Å²) < 4.78 is 1.60. The Labute approximate surface area is 160 Å². The minimum Gasteiger partial charge on any atom is -0.506 e. The van der Waals surface area contributed by atoms with E-state index in [9.17, 15) is 14.7 Å². The highest BCUT2D eigenvalue weighted by Crippen LogP contribution is 2.26. The molecule has 0 aliphatic carbocycles. The van der Waals surface area contributed by atoms with Crippen LogP contribution in [0, 0.1) is 0 Å². The molecule has 0 saturated heterocycles. The molecule has 0 radical (unpaired) electrons. The third-order valence-electron chi connectivity index (χ3n) is 4.20. The van der Waals surface area contributed by atoms with Gasteiger partial charge in [0.15, 0.2) is 0 Å². The second-order valence-electron chi connectivity index (χ2n) is 6.46. The topological polar surface area (TPSA) is 74.6 Å². The normalized spacial score (nSPS) is 10.8. The maximum Gasteiger partial charge on any atom is 0.267 e. The fraction of sp³-hybridized carbons (Fsp3) is 0.474. The summed E-state index contributed by atoms with van der Waals surface area (Å²) in [4.78, 5) is 27.3. The first-order valence-corrected chi connectivity index (χ1v) is 8.74. The first-order valence-electron chi connectivity index (χ1n) is 8.74. The number of pyridine rings is 1. The van der Waals surface area contributed by atoms with Gasteiger partial charge in [0.05, 0.1) is 5.52 Å². The molecular weight excluding hydrogens is 354 g/mol. The van der Waals surface area contributed by atoms with Gasteiger partial charge >= 0.3 is 0 Å². The van der Waals surface area contributed by atoms with Crippen molar-refractivity contribution < 1.29 is 9.90 Å². The minimum atomic E-state index is -0.528. The molecule has 0 fully saturated rings. The number of likely N-dealkylation sites (N-methyl/N-ethyl adjacent to an activating group) is 1. The molecule has 144 valence electrons. The molecule has 0 aliphatic rings. The third kappa shape index (κ3) is 4.99. The number of hydrogen-bond acceptors (Lipinski definition) is 4. The van der Waals surface area contributed by atoms with Crippen LogP contribution in [0.25, 0.3) is 10.9 Å². The highest BCUT2D eigenvalue weighted by atomic mass is 35.5. The molecule has 0 unspecified atom stereocenters. The number of hydrogen-bond donors (Lipinski definition) is 2. The van der Waals surface area contributed by atoms with Crippen molar-refractivity contribution in [2.75, 3.05) is 27.2 Å². The zero-order valence-corrected chi connectivity index (χ0v) is 16.4. The second-order valence-corrected chi connectivity index (χ2v) is 6.46. The molecule has 1 aromatic heterocycles. The van der Waals surface area contributed by atoms with Gasteiger partial charge in [0.1, 0.15) is 11.3 Å². The Morgan fingerprint density at radius 1 is 1.23 bits per heavy atom. The number of nitrogens with zero attached hydrogens (tertiary/aromatic N) is 2. The van der Waals surface area contributed by atoms with Crippen molar-refractivity contribution in [1.82, 2.24) is 14.8 Å². The van der Waals surface area contributed by atoms with Crippen molar-refractivity contribution in [3.63, 3.8) is 0 Å². The van der Waals surface area contributed by atoms with Gasteiger partial charge in [-0.25, -0.2) is 0 Å². The Morgan fingerprint density at radius 3 is 2.58 bits per heavy atom. The molecule has 7 heteroatoms. The minimum absolute atomic E-state index is 0. The summed E-state index contributed by atoms with van der Waals surface area (Å²) in [6, 6.07) is 7.15. The molecule has 2 N–H and O–H groups in total. The number of aromatic nitrogens is 1. The van der Waals surface area contributed by atoms with Crippen molar-refractivity contribution >= 4 is 29.2 Å². The van der Waals surface area contributed by atoms with E-state index in [0.717, 1.165) is 19.3 Å². The quantitative estimate of drug-likeness (QED) is 0.689. The fourth-order valence-corrected chi connectivity index (χ4v) is 2.82. The number of benzene rings is 1. The van der Waals surface area contributed by atoms with E-state index in [1.165, 1.54) is 0 Å². The molecule has 0 bridgehead atoms. The summed E-state index contributed by atoms with van der Waals surface area (Å²) >= 11 is 0. The Morgan fingerprint density at radius 2 is 1.92 bits per heavy atom. The number of unbranched alkanes of at least 4 members (excludes halogenated alkanes) is 2. The summed E-state index contributed by atoms with van der Waals surface area (Å²) in [5.74, 6) is -0.769. The number of amides is 1. The molecule has 6 nitrogen and oxygen atoms in total. The van der Waals surface area contributed by atoms with E-state index in [-0.39, 0.29) is 23.7 Å². The van der Waals surface area contributed by atoms with Crippen LogP contribution in [0.2, 0.25) is 0 Å². The summed E-state index contributed by atoms with van der Waals surface area (Å²) in [6.07, 6.45) is 2.90. The summed E-state index contributed by atoms with van der Waals surface area (Å²) in [5.41, 5.74) is 0.0505.